The molecule has 0 heterocycles. The molecule has 0 amide bonds. The van der Waals surface area contributed by atoms with E-state index in [2.05, 4.69) is 13.8 Å². The van der Waals surface area contributed by atoms with Crippen LogP contribution in [0.3, 0.4) is 0 Å². The first kappa shape index (κ1) is 52.4. The predicted molar refractivity (Wildman–Crippen MR) is 214 cm³/mol. The Hall–Kier alpha value is -1.67. The highest BCUT2D eigenvalue weighted by Crippen LogP contribution is 2.15. The SMILES string of the molecule is CC(=O)[O-].CCCCCCCCCCCCCCCCCC(=O)OCC[NH+](CCO)CCOC(=O)CCCCCCCCCCCCCCCCC. The van der Waals surface area contributed by atoms with E-state index in [1.807, 2.05) is 0 Å². The molecule has 0 rings (SSSR count). The van der Waals surface area contributed by atoms with Gasteiger partial charge in [0, 0.05) is 18.8 Å². The summed E-state index contributed by atoms with van der Waals surface area (Å²) in [5.74, 6) is -1.33. The third kappa shape index (κ3) is 48.3. The summed E-state index contributed by atoms with van der Waals surface area (Å²) in [6.45, 7) is 8.10. The van der Waals surface area contributed by atoms with Crippen LogP contribution in [0.1, 0.15) is 226 Å². The minimum atomic E-state index is -1.08. The van der Waals surface area contributed by atoms with E-state index in [9.17, 15) is 14.7 Å². The average molecular weight is 742 g/mol. The van der Waals surface area contributed by atoms with Crippen molar-refractivity contribution in [3.8, 4) is 0 Å². The fraction of sp³-hybridized carbons (Fsp3) is 0.932. The summed E-state index contributed by atoms with van der Waals surface area (Å²) in [6, 6.07) is 0. The number of quaternary nitrogens is 1. The molecule has 0 aromatic rings. The summed E-state index contributed by atoms with van der Waals surface area (Å²) >= 11 is 0. The topological polar surface area (TPSA) is 117 Å². The van der Waals surface area contributed by atoms with Gasteiger partial charge in [0.25, 0.3) is 0 Å². The number of carbonyl (C=O) groups is 3. The van der Waals surface area contributed by atoms with E-state index in [4.69, 9.17) is 19.4 Å². The minimum absolute atomic E-state index is 0.0650. The molecule has 0 aliphatic carbocycles. The van der Waals surface area contributed by atoms with E-state index >= 15 is 0 Å². The van der Waals surface area contributed by atoms with Gasteiger partial charge in [0.15, 0.2) is 0 Å². The number of rotatable bonds is 40. The van der Waals surface area contributed by atoms with Crippen molar-refractivity contribution in [1.82, 2.24) is 0 Å². The Morgan fingerprint density at radius 3 is 0.904 bits per heavy atom. The first-order chi connectivity index (χ1) is 25.4. The second-order valence-electron chi connectivity index (χ2n) is 15.1. The smallest absolute Gasteiger partial charge is 0.305 e. The van der Waals surface area contributed by atoms with Crippen LogP contribution < -0.4 is 10.0 Å². The number of carboxylic acid groups (broad SMARTS) is 1. The Labute approximate surface area is 321 Å². The number of nitrogens with one attached hydrogen (secondary N) is 1. The lowest BCUT2D eigenvalue weighted by atomic mass is 10.0. The van der Waals surface area contributed by atoms with Gasteiger partial charge in [-0.15, -0.1) is 0 Å². The summed E-state index contributed by atoms with van der Waals surface area (Å²) in [6.07, 6.45) is 40.4. The van der Waals surface area contributed by atoms with E-state index < -0.39 is 5.97 Å². The van der Waals surface area contributed by atoms with Gasteiger partial charge >= 0.3 is 11.9 Å². The number of aliphatic hydroxyl groups excluding tert-OH is 1. The lowest BCUT2D eigenvalue weighted by molar-refractivity contribution is -0.900. The van der Waals surface area contributed by atoms with E-state index in [1.165, 1.54) is 167 Å². The van der Waals surface area contributed by atoms with Gasteiger partial charge in [-0.05, 0) is 19.8 Å². The number of carboxylic acids is 1. The summed E-state index contributed by atoms with van der Waals surface area (Å²) in [4.78, 5) is 34.3. The molecule has 0 radical (unpaired) electrons. The molecule has 0 aliphatic heterocycles. The number of aliphatic hydroxyl groups is 1. The van der Waals surface area contributed by atoms with Crippen molar-refractivity contribution in [3.05, 3.63) is 0 Å². The largest absolute Gasteiger partial charge is 0.550 e. The number of esters is 2. The molecule has 310 valence electrons. The fourth-order valence-electron chi connectivity index (χ4n) is 6.58. The van der Waals surface area contributed by atoms with Gasteiger partial charge in [-0.1, -0.05) is 194 Å². The molecule has 52 heavy (non-hydrogen) atoms. The Bertz CT molecular complexity index is 692. The van der Waals surface area contributed by atoms with E-state index in [0.29, 0.717) is 45.7 Å². The van der Waals surface area contributed by atoms with Crippen LogP contribution in [0.5, 0.6) is 0 Å². The lowest BCUT2D eigenvalue weighted by Gasteiger charge is -2.18. The van der Waals surface area contributed by atoms with E-state index in [-0.39, 0.29) is 18.5 Å². The van der Waals surface area contributed by atoms with Crippen LogP contribution in [0, 0.1) is 0 Å². The third-order valence-corrected chi connectivity index (χ3v) is 9.87. The molecule has 0 atom stereocenters. The van der Waals surface area contributed by atoms with Gasteiger partial charge in [0.1, 0.15) is 32.8 Å². The van der Waals surface area contributed by atoms with Gasteiger partial charge < -0.3 is 29.4 Å². The molecule has 0 fully saturated rings. The average Bonchev–Trinajstić information content (AvgIpc) is 3.11. The van der Waals surface area contributed by atoms with Crippen LogP contribution >= 0.6 is 0 Å². The van der Waals surface area contributed by atoms with Crippen molar-refractivity contribution in [2.45, 2.75) is 226 Å². The molecule has 0 bridgehead atoms. The first-order valence-electron chi connectivity index (χ1n) is 22.3. The van der Waals surface area contributed by atoms with Crippen molar-refractivity contribution in [2.24, 2.45) is 0 Å². The molecule has 8 nitrogen and oxygen atoms in total. The Morgan fingerprint density at radius 1 is 0.442 bits per heavy atom. The molecule has 0 saturated heterocycles. The molecule has 0 spiro atoms. The van der Waals surface area contributed by atoms with Crippen LogP contribution in [0.4, 0.5) is 0 Å². The molecular formula is C44H87NO7. The minimum Gasteiger partial charge on any atom is -0.550 e. The highest BCUT2D eigenvalue weighted by atomic mass is 16.5. The monoisotopic (exact) mass is 742 g/mol. The first-order valence-corrected chi connectivity index (χ1v) is 22.3. The lowest BCUT2D eigenvalue weighted by Crippen LogP contribution is -3.13. The van der Waals surface area contributed by atoms with Crippen LogP contribution in [-0.4, -0.2) is 62.5 Å². The zero-order valence-electron chi connectivity index (χ0n) is 34.8. The van der Waals surface area contributed by atoms with E-state index in [1.54, 1.807) is 0 Å². The fourth-order valence-corrected chi connectivity index (χ4v) is 6.58. The number of unbranched alkanes of at least 4 members (excludes halogenated alkanes) is 28. The quantitative estimate of drug-likeness (QED) is 0.0475. The Balaban J connectivity index is 0. The number of hydrogen-bond donors (Lipinski definition) is 2. The molecule has 8 heteroatoms. The van der Waals surface area contributed by atoms with Gasteiger partial charge in [-0.2, -0.15) is 0 Å². The standard InChI is InChI=1S/C42H83NO5.C2H4O2/c1-3-5-7-9-11-13-15-17-19-21-23-25-27-29-31-33-41(45)47-39-36-43(35-38-44)37-40-48-42(46)34-32-30-28-26-24-22-20-18-16-14-12-10-8-6-4-2;1-2(3)4/h44H,3-40H2,1-2H3;1H3,(H,3,4). The summed E-state index contributed by atoms with van der Waals surface area (Å²) in [5, 5.41) is 18.3. The zero-order chi connectivity index (χ0) is 38.6. The van der Waals surface area contributed by atoms with Crippen molar-refractivity contribution in [2.75, 3.05) is 39.5 Å². The number of aliphatic carboxylic acids is 1. The normalized spacial score (nSPS) is 11.0. The van der Waals surface area contributed by atoms with Gasteiger partial charge in [-0.3, -0.25) is 9.59 Å². The van der Waals surface area contributed by atoms with Gasteiger partial charge in [-0.25, -0.2) is 0 Å². The molecular weight excluding hydrogens is 654 g/mol. The van der Waals surface area contributed by atoms with Crippen molar-refractivity contribution < 1.29 is 39.0 Å². The summed E-state index contributed by atoms with van der Waals surface area (Å²) in [5.41, 5.74) is 0. The van der Waals surface area contributed by atoms with E-state index in [0.717, 1.165) is 37.5 Å². The molecule has 0 aromatic heterocycles. The molecule has 0 unspecified atom stereocenters. The number of ether oxygens (including phenoxy) is 2. The Kier molecular flexibility index (Phi) is 45.9. The van der Waals surface area contributed by atoms with Gasteiger partial charge in [0.2, 0.25) is 0 Å². The summed E-state index contributed by atoms with van der Waals surface area (Å²) < 4.78 is 10.9. The maximum atomic E-state index is 12.2. The van der Waals surface area contributed by atoms with Crippen LogP contribution in [0.25, 0.3) is 0 Å². The number of carbonyl (C=O) groups excluding carboxylic acids is 3. The van der Waals surface area contributed by atoms with Crippen molar-refractivity contribution >= 4 is 17.9 Å². The van der Waals surface area contributed by atoms with Crippen molar-refractivity contribution in [3.63, 3.8) is 0 Å². The summed E-state index contributed by atoms with van der Waals surface area (Å²) in [7, 11) is 0. The van der Waals surface area contributed by atoms with Crippen LogP contribution in [0.2, 0.25) is 0 Å². The molecule has 2 N–H and O–H groups in total. The van der Waals surface area contributed by atoms with Crippen molar-refractivity contribution in [1.29, 1.82) is 0 Å². The van der Waals surface area contributed by atoms with Crippen LogP contribution in [0.15, 0.2) is 0 Å². The second kappa shape index (κ2) is 45.5. The maximum absolute atomic E-state index is 12.2. The maximum Gasteiger partial charge on any atom is 0.305 e. The second-order valence-corrected chi connectivity index (χ2v) is 15.1. The van der Waals surface area contributed by atoms with Gasteiger partial charge in [0.05, 0.1) is 6.61 Å². The van der Waals surface area contributed by atoms with Crippen LogP contribution in [-0.2, 0) is 23.9 Å². The molecule has 0 aliphatic rings. The Morgan fingerprint density at radius 2 is 0.673 bits per heavy atom. The third-order valence-electron chi connectivity index (χ3n) is 9.87. The highest BCUT2D eigenvalue weighted by molar-refractivity contribution is 5.69. The molecule has 0 saturated carbocycles. The molecule has 0 aromatic carbocycles. The zero-order valence-corrected chi connectivity index (χ0v) is 34.8. The predicted octanol–water partition coefficient (Wildman–Crippen LogP) is 9.23. The number of hydrogen-bond acceptors (Lipinski definition) is 7. The highest BCUT2D eigenvalue weighted by Gasteiger charge is 2.12.